The van der Waals surface area contributed by atoms with Crippen LogP contribution in [0.25, 0.3) is 34.0 Å². The molecule has 2 aromatic carbocycles. The summed E-state index contributed by atoms with van der Waals surface area (Å²) in [5.74, 6) is -2.21. The van der Waals surface area contributed by atoms with Gasteiger partial charge in [-0.25, -0.2) is 18.7 Å². The summed E-state index contributed by atoms with van der Waals surface area (Å²) in [6, 6.07) is 7.50. The molecule has 0 spiro atoms. The van der Waals surface area contributed by atoms with Crippen molar-refractivity contribution in [3.8, 4) is 34.0 Å². The molecule has 0 aliphatic carbocycles. The van der Waals surface area contributed by atoms with E-state index in [4.69, 9.17) is 0 Å². The Morgan fingerprint density at radius 1 is 0.725 bits per heavy atom. The number of nitrogens with zero attached hydrogens (tertiary/aromatic N) is 6. The maximum Gasteiger partial charge on any atom is 0.417 e. The highest BCUT2D eigenvalue weighted by atomic mass is 19.4. The van der Waals surface area contributed by atoms with Gasteiger partial charge in [-0.05, 0) is 50.2 Å². The smallest absolute Gasteiger partial charge is 0.259 e. The molecule has 14 heteroatoms. The predicted octanol–water partition coefficient (Wildman–Crippen LogP) is 7.00. The van der Waals surface area contributed by atoms with Gasteiger partial charge in [-0.1, -0.05) is 12.1 Å². The summed E-state index contributed by atoms with van der Waals surface area (Å²) in [7, 11) is 0. The van der Waals surface area contributed by atoms with Gasteiger partial charge < -0.3 is 0 Å². The van der Waals surface area contributed by atoms with Crippen LogP contribution in [-0.2, 0) is 17.9 Å². The van der Waals surface area contributed by atoms with Crippen LogP contribution in [0.15, 0.2) is 60.9 Å². The van der Waals surface area contributed by atoms with Crippen molar-refractivity contribution in [3.05, 3.63) is 89.4 Å². The van der Waals surface area contributed by atoms with Crippen molar-refractivity contribution in [2.24, 2.45) is 0 Å². The second kappa shape index (κ2) is 9.31. The van der Waals surface area contributed by atoms with Crippen molar-refractivity contribution in [1.82, 2.24) is 29.9 Å². The van der Waals surface area contributed by atoms with Gasteiger partial charge in [0.25, 0.3) is 0 Å². The lowest BCUT2D eigenvalue weighted by atomic mass is 9.98. The number of imidazole rings is 1. The molecule has 0 atom stereocenters. The molecule has 0 fully saturated rings. The quantitative estimate of drug-likeness (QED) is 0.220. The average Bonchev–Trinajstić information content (AvgIpc) is 3.32. The van der Waals surface area contributed by atoms with E-state index in [1.165, 1.54) is 41.3 Å². The maximum atomic E-state index is 14.2. The van der Waals surface area contributed by atoms with Crippen LogP contribution in [0, 0.1) is 11.6 Å². The molecule has 3 aromatic rings. The highest BCUT2D eigenvalue weighted by molar-refractivity contribution is 5.66. The summed E-state index contributed by atoms with van der Waals surface area (Å²) < 4.78 is 109. The standard InChI is InChI=1S/C26H16F8N6/c1-24(2,40-12-20-19(11-35-40)36-23(37-20)15-4-3-5-17(27)22(15)28)21-9-8-18(38-39-21)14-7-6-13(25(29,30)31)10-16(14)26(32,33)34/h3-12H,1-2H3. The zero-order chi connectivity index (χ0) is 29.0. The summed E-state index contributed by atoms with van der Waals surface area (Å²) >= 11 is 0. The van der Waals surface area contributed by atoms with Crippen LogP contribution < -0.4 is 0 Å². The number of rotatable bonds is 4. The first kappa shape index (κ1) is 27.1. The normalized spacial score (nSPS) is 12.8. The summed E-state index contributed by atoms with van der Waals surface area (Å²) in [5, 5.41) is 12.2. The molecular weight excluding hydrogens is 548 g/mol. The fraction of sp³-hybridized carbons (Fsp3) is 0.192. The predicted molar refractivity (Wildman–Crippen MR) is 126 cm³/mol. The first-order valence-corrected chi connectivity index (χ1v) is 11.5. The number of fused-ring (bicyclic) bond motifs is 1. The van der Waals surface area contributed by atoms with Gasteiger partial charge in [0.1, 0.15) is 16.9 Å². The van der Waals surface area contributed by atoms with Gasteiger partial charge in [-0.2, -0.15) is 41.6 Å². The molecule has 0 N–H and O–H groups in total. The van der Waals surface area contributed by atoms with E-state index in [0.29, 0.717) is 23.5 Å². The monoisotopic (exact) mass is 564 g/mol. The molecule has 0 unspecified atom stereocenters. The SMILES string of the molecule is CC(C)(c1ccc(-c2ccc(C(F)(F)F)cc2C(F)(F)F)nn1)n1cc2nc(-c3cccc(F)c3F)nc-2cn1. The lowest BCUT2D eigenvalue weighted by Gasteiger charge is -2.26. The molecule has 3 heterocycles. The summed E-state index contributed by atoms with van der Waals surface area (Å²) in [6.07, 6.45) is -7.19. The maximum absolute atomic E-state index is 14.2. The molecular formula is C26H16F8N6. The Balaban J connectivity index is 1.49. The third kappa shape index (κ3) is 4.84. The van der Waals surface area contributed by atoms with Crippen LogP contribution in [0.3, 0.4) is 0 Å². The highest BCUT2D eigenvalue weighted by Gasteiger charge is 2.39. The van der Waals surface area contributed by atoms with E-state index in [9.17, 15) is 35.1 Å². The fourth-order valence-corrected chi connectivity index (χ4v) is 4.02. The van der Waals surface area contributed by atoms with Gasteiger partial charge in [0, 0.05) is 5.56 Å². The molecule has 2 aliphatic rings. The minimum Gasteiger partial charge on any atom is -0.259 e. The summed E-state index contributed by atoms with van der Waals surface area (Å²) in [6.45, 7) is 3.36. The van der Waals surface area contributed by atoms with Crippen molar-refractivity contribution < 1.29 is 35.1 Å². The molecule has 206 valence electrons. The van der Waals surface area contributed by atoms with E-state index in [0.717, 1.165) is 6.07 Å². The molecule has 40 heavy (non-hydrogen) atoms. The van der Waals surface area contributed by atoms with Crippen LogP contribution in [0.5, 0.6) is 0 Å². The van der Waals surface area contributed by atoms with Gasteiger partial charge in [-0.15, -0.1) is 0 Å². The number of alkyl halides is 6. The average molecular weight is 564 g/mol. The number of aromatic nitrogens is 6. The number of hydrogen-bond donors (Lipinski definition) is 0. The Hall–Kier alpha value is -4.49. The Morgan fingerprint density at radius 3 is 2.10 bits per heavy atom. The van der Waals surface area contributed by atoms with E-state index in [-0.39, 0.29) is 28.8 Å². The largest absolute Gasteiger partial charge is 0.417 e. The molecule has 1 aromatic heterocycles. The van der Waals surface area contributed by atoms with Crippen LogP contribution in [0.4, 0.5) is 35.1 Å². The van der Waals surface area contributed by atoms with Gasteiger partial charge in [0.2, 0.25) is 0 Å². The lowest BCUT2D eigenvalue weighted by Crippen LogP contribution is -2.31. The Morgan fingerprint density at radius 2 is 1.45 bits per heavy atom. The fourth-order valence-electron chi connectivity index (χ4n) is 4.02. The number of benzene rings is 2. The van der Waals surface area contributed by atoms with E-state index in [1.54, 1.807) is 13.8 Å². The Kier molecular flexibility index (Phi) is 6.31. The first-order valence-electron chi connectivity index (χ1n) is 11.5. The molecule has 0 bridgehead atoms. The van der Waals surface area contributed by atoms with Crippen molar-refractivity contribution in [2.75, 3.05) is 0 Å². The van der Waals surface area contributed by atoms with Crippen LogP contribution in [0.2, 0.25) is 0 Å². The second-order valence-corrected chi connectivity index (χ2v) is 9.26. The number of hydrogen-bond acceptors (Lipinski definition) is 5. The van der Waals surface area contributed by atoms with E-state index >= 15 is 0 Å². The van der Waals surface area contributed by atoms with Crippen LogP contribution >= 0.6 is 0 Å². The van der Waals surface area contributed by atoms with Gasteiger partial charge in [0.15, 0.2) is 17.5 Å². The molecule has 0 saturated heterocycles. The first-order chi connectivity index (χ1) is 18.7. The summed E-state index contributed by atoms with van der Waals surface area (Å²) in [5.41, 5.74) is -4.10. The molecule has 2 aliphatic heterocycles. The zero-order valence-corrected chi connectivity index (χ0v) is 20.5. The van der Waals surface area contributed by atoms with Crippen molar-refractivity contribution >= 4 is 0 Å². The van der Waals surface area contributed by atoms with Gasteiger partial charge >= 0.3 is 12.4 Å². The molecule has 6 nitrogen and oxygen atoms in total. The van der Waals surface area contributed by atoms with Crippen molar-refractivity contribution in [3.63, 3.8) is 0 Å². The molecule has 0 saturated carbocycles. The van der Waals surface area contributed by atoms with Crippen LogP contribution in [0.1, 0.15) is 30.7 Å². The topological polar surface area (TPSA) is 69.4 Å². The zero-order valence-electron chi connectivity index (χ0n) is 20.5. The molecule has 5 rings (SSSR count). The van der Waals surface area contributed by atoms with E-state index < -0.39 is 46.2 Å². The van der Waals surface area contributed by atoms with Gasteiger partial charge in [0.05, 0.1) is 40.5 Å². The highest BCUT2D eigenvalue weighted by Crippen LogP contribution is 2.40. The Bertz CT molecular complexity index is 1670. The Labute approximate surface area is 220 Å². The lowest BCUT2D eigenvalue weighted by molar-refractivity contribution is -0.142. The van der Waals surface area contributed by atoms with Crippen molar-refractivity contribution in [2.45, 2.75) is 31.7 Å². The molecule has 0 radical (unpaired) electrons. The van der Waals surface area contributed by atoms with Crippen molar-refractivity contribution in [1.29, 1.82) is 0 Å². The van der Waals surface area contributed by atoms with Crippen LogP contribution in [-0.4, -0.2) is 29.9 Å². The van der Waals surface area contributed by atoms with E-state index in [2.05, 4.69) is 25.3 Å². The minimum absolute atomic E-state index is 0.0364. The number of halogens is 8. The van der Waals surface area contributed by atoms with E-state index in [1.807, 2.05) is 0 Å². The minimum atomic E-state index is -5.07. The van der Waals surface area contributed by atoms with Gasteiger partial charge in [-0.3, -0.25) is 4.68 Å². The third-order valence-electron chi connectivity index (χ3n) is 6.25. The summed E-state index contributed by atoms with van der Waals surface area (Å²) in [4.78, 5) is 8.45. The second-order valence-electron chi connectivity index (χ2n) is 9.26. The third-order valence-corrected chi connectivity index (χ3v) is 6.25. The molecule has 0 amide bonds.